The highest BCUT2D eigenvalue weighted by Gasteiger charge is 2.34. The molecule has 1 aliphatic rings. The fraction of sp³-hybridized carbons (Fsp3) is 0.500. The van der Waals surface area contributed by atoms with Gasteiger partial charge in [0.2, 0.25) is 0 Å². The minimum absolute atomic E-state index is 0.0144. The largest absolute Gasteiger partial charge is 0.541 e. The molecular weight excluding hydrogens is 151 g/mol. The number of rotatable bonds is 1. The molecule has 0 spiro atoms. The van der Waals surface area contributed by atoms with Crippen molar-refractivity contribution in [3.8, 4) is 0 Å². The third-order valence-electron chi connectivity index (χ3n) is 0.734. The minimum atomic E-state index is -4.67. The summed E-state index contributed by atoms with van der Waals surface area (Å²) in [5.41, 5.74) is 0. The number of hydrogen-bond acceptors (Lipinski definition) is 3. The summed E-state index contributed by atoms with van der Waals surface area (Å²) in [5, 5.41) is 0.333. The predicted octanol–water partition coefficient (Wildman–Crippen LogP) is 1.20. The lowest BCUT2D eigenvalue weighted by atomic mass is 10.7. The summed E-state index contributed by atoms with van der Waals surface area (Å²) in [6.45, 7) is -0.0144. The van der Waals surface area contributed by atoms with Gasteiger partial charge in [-0.1, -0.05) is 0 Å². The molecule has 0 aliphatic carbocycles. The van der Waals surface area contributed by atoms with E-state index in [1.807, 2.05) is 0 Å². The summed E-state index contributed by atoms with van der Waals surface area (Å²) >= 11 is 0. The van der Waals surface area contributed by atoms with Crippen LogP contribution >= 0.6 is 0 Å². The molecule has 3 nitrogen and oxygen atoms in total. The Labute approximate surface area is 54.5 Å². The lowest BCUT2D eigenvalue weighted by Gasteiger charge is -2.14. The van der Waals surface area contributed by atoms with E-state index in [1.165, 1.54) is 6.08 Å². The average molecular weight is 155 g/mol. The quantitative estimate of drug-likeness (QED) is 0.567. The van der Waals surface area contributed by atoms with Gasteiger partial charge in [-0.15, -0.1) is 13.2 Å². The molecule has 58 valence electrons. The third-order valence-corrected chi connectivity index (χ3v) is 0.734. The highest BCUT2D eigenvalue weighted by molar-refractivity contribution is 4.78. The normalized spacial score (nSPS) is 19.5. The molecule has 0 bridgehead atoms. The fourth-order valence-electron chi connectivity index (χ4n) is 0.457. The summed E-state index contributed by atoms with van der Waals surface area (Å²) in [6.07, 6.45) is -2.16. The van der Waals surface area contributed by atoms with Gasteiger partial charge in [0.25, 0.3) is 0 Å². The van der Waals surface area contributed by atoms with Gasteiger partial charge in [-0.2, -0.15) is 4.84 Å². The zero-order chi connectivity index (χ0) is 7.61. The predicted molar refractivity (Wildman–Crippen MR) is 24.1 cm³/mol. The maximum absolute atomic E-state index is 11.3. The van der Waals surface area contributed by atoms with Gasteiger partial charge < -0.3 is 4.84 Å². The average Bonchev–Trinajstić information content (AvgIpc) is 2.12. The summed E-state index contributed by atoms with van der Waals surface area (Å²) in [7, 11) is 0. The first-order valence-electron chi connectivity index (χ1n) is 2.43. The van der Waals surface area contributed by atoms with Crippen molar-refractivity contribution >= 4 is 0 Å². The van der Waals surface area contributed by atoms with Crippen LogP contribution < -0.4 is 0 Å². The minimum Gasteiger partial charge on any atom is -0.388 e. The molecule has 0 aromatic carbocycles. The number of nitrogens with zero attached hydrogens (tertiary/aromatic N) is 1. The van der Waals surface area contributed by atoms with Crippen LogP contribution in [0.15, 0.2) is 12.3 Å². The molecule has 0 N–H and O–H groups in total. The first-order valence-corrected chi connectivity index (χ1v) is 2.43. The fourth-order valence-corrected chi connectivity index (χ4v) is 0.457. The van der Waals surface area contributed by atoms with Gasteiger partial charge in [0.1, 0.15) is 6.26 Å². The Morgan fingerprint density at radius 2 is 2.20 bits per heavy atom. The van der Waals surface area contributed by atoms with E-state index >= 15 is 0 Å². The highest BCUT2D eigenvalue weighted by atomic mass is 19.4. The Morgan fingerprint density at radius 1 is 1.50 bits per heavy atom. The second-order valence-corrected chi connectivity index (χ2v) is 1.53. The van der Waals surface area contributed by atoms with Gasteiger partial charge in [0, 0.05) is 0 Å². The molecule has 10 heavy (non-hydrogen) atoms. The van der Waals surface area contributed by atoms with Gasteiger partial charge in [-0.05, 0) is 11.3 Å². The Hall–Kier alpha value is -0.750. The number of halogens is 3. The van der Waals surface area contributed by atoms with Crippen molar-refractivity contribution in [3.05, 3.63) is 12.3 Å². The van der Waals surface area contributed by atoms with Crippen molar-refractivity contribution in [2.45, 2.75) is 6.36 Å². The summed E-state index contributed by atoms with van der Waals surface area (Å²) < 4.78 is 34.0. The van der Waals surface area contributed by atoms with Crippen LogP contribution in [0.3, 0.4) is 0 Å². The first kappa shape index (κ1) is 7.36. The van der Waals surface area contributed by atoms with Crippen molar-refractivity contribution in [3.63, 3.8) is 0 Å². The van der Waals surface area contributed by atoms with Crippen LogP contribution in [0.25, 0.3) is 0 Å². The number of hydroxylamine groups is 2. The van der Waals surface area contributed by atoms with Gasteiger partial charge in [0.15, 0.2) is 0 Å². The number of alkyl halides is 3. The smallest absolute Gasteiger partial charge is 0.388 e. The second-order valence-electron chi connectivity index (χ2n) is 1.53. The van der Waals surface area contributed by atoms with Crippen molar-refractivity contribution in [2.24, 2.45) is 0 Å². The van der Waals surface area contributed by atoms with Crippen molar-refractivity contribution in [2.75, 3.05) is 6.54 Å². The van der Waals surface area contributed by atoms with Crippen molar-refractivity contribution in [1.82, 2.24) is 5.23 Å². The molecule has 0 radical (unpaired) electrons. The maximum atomic E-state index is 11.3. The summed E-state index contributed by atoms with van der Waals surface area (Å²) in [6, 6.07) is 0. The van der Waals surface area contributed by atoms with Gasteiger partial charge in [-0.25, -0.2) is 0 Å². The molecule has 0 saturated carbocycles. The van der Waals surface area contributed by atoms with E-state index in [4.69, 9.17) is 0 Å². The molecule has 0 saturated heterocycles. The molecule has 0 amide bonds. The molecule has 0 fully saturated rings. The SMILES string of the molecule is FC(F)(F)ON1CC=CO1. The van der Waals surface area contributed by atoms with Gasteiger partial charge in [0.05, 0.1) is 6.54 Å². The van der Waals surface area contributed by atoms with Crippen LogP contribution in [-0.4, -0.2) is 18.1 Å². The van der Waals surface area contributed by atoms with E-state index in [9.17, 15) is 13.2 Å². The lowest BCUT2D eigenvalue weighted by molar-refractivity contribution is -0.478. The first-order chi connectivity index (χ1) is 4.58. The molecule has 1 heterocycles. The van der Waals surface area contributed by atoms with E-state index in [1.54, 1.807) is 0 Å². The van der Waals surface area contributed by atoms with E-state index in [-0.39, 0.29) is 6.54 Å². The van der Waals surface area contributed by atoms with E-state index in [0.29, 0.717) is 5.23 Å². The van der Waals surface area contributed by atoms with E-state index in [0.717, 1.165) is 6.26 Å². The zero-order valence-corrected chi connectivity index (χ0v) is 4.76. The molecular formula is C4H4F3NO2. The Morgan fingerprint density at radius 3 is 2.60 bits per heavy atom. The molecule has 6 heteroatoms. The van der Waals surface area contributed by atoms with Crippen LogP contribution in [0, 0.1) is 0 Å². The number of hydrogen-bond donors (Lipinski definition) is 0. The molecule has 0 aromatic rings. The highest BCUT2D eigenvalue weighted by Crippen LogP contribution is 2.19. The Balaban J connectivity index is 2.26. The maximum Gasteiger partial charge on any atom is 0.541 e. The second kappa shape index (κ2) is 2.47. The lowest BCUT2D eigenvalue weighted by Crippen LogP contribution is -2.28. The molecule has 0 atom stereocenters. The molecule has 0 aromatic heterocycles. The van der Waals surface area contributed by atoms with Gasteiger partial charge in [-0.3, -0.25) is 0 Å². The van der Waals surface area contributed by atoms with Crippen molar-refractivity contribution in [1.29, 1.82) is 0 Å². The zero-order valence-electron chi connectivity index (χ0n) is 4.76. The molecule has 1 aliphatic heterocycles. The van der Waals surface area contributed by atoms with Crippen LogP contribution in [0.5, 0.6) is 0 Å². The monoisotopic (exact) mass is 155 g/mol. The van der Waals surface area contributed by atoms with E-state index < -0.39 is 6.36 Å². The van der Waals surface area contributed by atoms with Gasteiger partial charge >= 0.3 is 6.36 Å². The Bertz CT molecular complexity index is 136. The molecule has 0 unspecified atom stereocenters. The van der Waals surface area contributed by atoms with Crippen LogP contribution in [0.1, 0.15) is 0 Å². The van der Waals surface area contributed by atoms with Crippen LogP contribution in [0.4, 0.5) is 13.2 Å². The van der Waals surface area contributed by atoms with Crippen molar-refractivity contribution < 1.29 is 22.8 Å². The topological polar surface area (TPSA) is 21.7 Å². The Kier molecular flexibility index (Phi) is 1.82. The third kappa shape index (κ3) is 2.24. The van der Waals surface area contributed by atoms with Crippen LogP contribution in [-0.2, 0) is 9.68 Å². The standard InChI is InChI=1S/C4H4F3NO2/c5-4(6,7)10-8-2-1-3-9-8/h1,3H,2H2. The van der Waals surface area contributed by atoms with E-state index in [2.05, 4.69) is 9.68 Å². The summed E-state index contributed by atoms with van der Waals surface area (Å²) in [5.74, 6) is 0. The summed E-state index contributed by atoms with van der Waals surface area (Å²) in [4.78, 5) is 7.59. The molecule has 1 rings (SSSR count). The van der Waals surface area contributed by atoms with Crippen LogP contribution in [0.2, 0.25) is 0 Å².